The van der Waals surface area contributed by atoms with E-state index < -0.39 is 0 Å². The van der Waals surface area contributed by atoms with E-state index in [9.17, 15) is 9.18 Å². The summed E-state index contributed by atoms with van der Waals surface area (Å²) in [6.45, 7) is 3.73. The molecule has 0 saturated carbocycles. The Bertz CT molecular complexity index is 904. The number of hydrogen-bond donors (Lipinski definition) is 3. The molecule has 1 aromatic heterocycles. The van der Waals surface area contributed by atoms with Gasteiger partial charge in [0.1, 0.15) is 17.2 Å². The summed E-state index contributed by atoms with van der Waals surface area (Å²) in [4.78, 5) is 12.2. The lowest BCUT2D eigenvalue weighted by Crippen LogP contribution is -2.34. The number of carbonyl (C=O) groups is 1. The molecule has 0 atom stereocenters. The number of amides is 2. The van der Waals surface area contributed by atoms with Gasteiger partial charge in [-0.05, 0) is 38.1 Å². The Morgan fingerprint density at radius 3 is 2.38 bits per heavy atom. The molecule has 1 heterocycles. The van der Waals surface area contributed by atoms with Crippen LogP contribution in [0.4, 0.5) is 20.7 Å². The lowest BCUT2D eigenvalue weighted by atomic mass is 10.1. The normalized spacial score (nSPS) is 10.8. The Hall–Kier alpha value is -3.35. The number of urea groups is 1. The van der Waals surface area contributed by atoms with Crippen molar-refractivity contribution < 1.29 is 9.18 Å². The van der Waals surface area contributed by atoms with Gasteiger partial charge >= 0.3 is 6.03 Å². The fraction of sp³-hybridized carbons (Fsp3) is 0.158. The predicted molar refractivity (Wildman–Crippen MR) is 101 cm³/mol. The van der Waals surface area contributed by atoms with Gasteiger partial charge in [0, 0.05) is 11.6 Å². The summed E-state index contributed by atoms with van der Waals surface area (Å²) >= 11 is 0. The fourth-order valence-corrected chi connectivity index (χ4v) is 2.54. The van der Waals surface area contributed by atoms with Crippen molar-refractivity contribution in [2.24, 2.45) is 0 Å². The molecule has 2 amide bonds. The SMILES string of the molecule is CC(C)NC(=O)Nc1c(-c2ccccc2)nn(-c2ccc(F)cc2)c1N. The van der Waals surface area contributed by atoms with Gasteiger partial charge in [0.05, 0.1) is 5.69 Å². The zero-order valence-corrected chi connectivity index (χ0v) is 14.5. The van der Waals surface area contributed by atoms with Crippen LogP contribution in [0.25, 0.3) is 16.9 Å². The molecule has 6 nitrogen and oxygen atoms in total. The lowest BCUT2D eigenvalue weighted by molar-refractivity contribution is 0.250. The zero-order valence-electron chi connectivity index (χ0n) is 14.5. The Morgan fingerprint density at radius 2 is 1.77 bits per heavy atom. The fourth-order valence-electron chi connectivity index (χ4n) is 2.54. The van der Waals surface area contributed by atoms with Crippen LogP contribution in [0, 0.1) is 5.82 Å². The number of rotatable bonds is 4. The van der Waals surface area contributed by atoms with Crippen LogP contribution in [-0.2, 0) is 0 Å². The van der Waals surface area contributed by atoms with Crippen molar-refractivity contribution in [2.75, 3.05) is 11.1 Å². The van der Waals surface area contributed by atoms with Crippen LogP contribution in [0.1, 0.15) is 13.8 Å². The molecular weight excluding hydrogens is 333 g/mol. The van der Waals surface area contributed by atoms with Crippen molar-refractivity contribution in [1.82, 2.24) is 15.1 Å². The van der Waals surface area contributed by atoms with Gasteiger partial charge in [-0.1, -0.05) is 30.3 Å². The van der Waals surface area contributed by atoms with E-state index in [0.29, 0.717) is 17.1 Å². The standard InChI is InChI=1S/C19H20FN5O/c1-12(2)22-19(26)23-17-16(13-6-4-3-5-7-13)24-25(18(17)21)15-10-8-14(20)9-11-15/h3-12H,21H2,1-2H3,(H2,22,23,26). The van der Waals surface area contributed by atoms with E-state index in [4.69, 9.17) is 5.73 Å². The second-order valence-electron chi connectivity index (χ2n) is 6.12. The Morgan fingerprint density at radius 1 is 1.12 bits per heavy atom. The van der Waals surface area contributed by atoms with E-state index in [2.05, 4.69) is 15.7 Å². The number of nitrogens with one attached hydrogen (secondary N) is 2. The Labute approximate surface area is 150 Å². The molecule has 2 aromatic carbocycles. The van der Waals surface area contributed by atoms with Crippen LogP contribution in [0.5, 0.6) is 0 Å². The summed E-state index contributed by atoms with van der Waals surface area (Å²) in [7, 11) is 0. The first-order chi connectivity index (χ1) is 12.5. The molecule has 3 rings (SSSR count). The molecule has 0 fully saturated rings. The van der Waals surface area contributed by atoms with Gasteiger partial charge in [-0.25, -0.2) is 13.9 Å². The van der Waals surface area contributed by atoms with Crippen molar-refractivity contribution in [2.45, 2.75) is 19.9 Å². The van der Waals surface area contributed by atoms with Gasteiger partial charge in [0.15, 0.2) is 5.82 Å². The quantitative estimate of drug-likeness (QED) is 0.667. The van der Waals surface area contributed by atoms with E-state index in [1.54, 1.807) is 12.1 Å². The van der Waals surface area contributed by atoms with Crippen molar-refractivity contribution in [3.63, 3.8) is 0 Å². The van der Waals surface area contributed by atoms with E-state index in [1.807, 2.05) is 44.2 Å². The summed E-state index contributed by atoms with van der Waals surface area (Å²) in [5, 5.41) is 10.1. The number of nitrogens with two attached hydrogens (primary N) is 1. The molecule has 0 aliphatic rings. The Balaban J connectivity index is 2.08. The van der Waals surface area contributed by atoms with Crippen LogP contribution in [0.15, 0.2) is 54.6 Å². The number of hydrogen-bond acceptors (Lipinski definition) is 3. The minimum absolute atomic E-state index is 0.0245. The van der Waals surface area contributed by atoms with Crippen LogP contribution in [0.2, 0.25) is 0 Å². The number of benzene rings is 2. The molecule has 0 aliphatic heterocycles. The molecule has 134 valence electrons. The molecule has 0 bridgehead atoms. The second kappa shape index (κ2) is 7.26. The Kier molecular flexibility index (Phi) is 4.88. The predicted octanol–water partition coefficient (Wildman–Crippen LogP) is 3.79. The van der Waals surface area contributed by atoms with Crippen molar-refractivity contribution in [3.8, 4) is 16.9 Å². The van der Waals surface area contributed by atoms with Crippen molar-refractivity contribution in [3.05, 3.63) is 60.4 Å². The molecule has 3 aromatic rings. The summed E-state index contributed by atoms with van der Waals surface area (Å²) in [5.74, 6) is -0.0909. The summed E-state index contributed by atoms with van der Waals surface area (Å²) in [5.41, 5.74) is 8.59. The highest BCUT2D eigenvalue weighted by molar-refractivity contribution is 5.97. The average Bonchev–Trinajstić information content (AvgIpc) is 2.92. The molecule has 0 unspecified atom stereocenters. The van der Waals surface area contributed by atoms with Gasteiger partial charge < -0.3 is 16.4 Å². The number of halogens is 1. The molecule has 7 heteroatoms. The van der Waals surface area contributed by atoms with Crippen molar-refractivity contribution in [1.29, 1.82) is 0 Å². The highest BCUT2D eigenvalue weighted by Crippen LogP contribution is 2.34. The third kappa shape index (κ3) is 3.66. The maximum atomic E-state index is 13.2. The zero-order chi connectivity index (χ0) is 18.7. The topological polar surface area (TPSA) is 85.0 Å². The highest BCUT2D eigenvalue weighted by Gasteiger charge is 2.20. The van der Waals surface area contributed by atoms with Gasteiger partial charge in [0.2, 0.25) is 0 Å². The van der Waals surface area contributed by atoms with Crippen LogP contribution in [-0.4, -0.2) is 21.9 Å². The third-order valence-electron chi connectivity index (χ3n) is 3.70. The van der Waals surface area contributed by atoms with Crippen LogP contribution >= 0.6 is 0 Å². The molecule has 0 radical (unpaired) electrons. The van der Waals surface area contributed by atoms with E-state index in [-0.39, 0.29) is 23.7 Å². The average molecular weight is 353 g/mol. The minimum atomic E-state index is -0.373. The number of nitrogen functional groups attached to an aromatic ring is 1. The highest BCUT2D eigenvalue weighted by atomic mass is 19.1. The number of nitrogens with zero attached hydrogens (tertiary/aromatic N) is 2. The lowest BCUT2D eigenvalue weighted by Gasteiger charge is -2.11. The van der Waals surface area contributed by atoms with Gasteiger partial charge in [-0.3, -0.25) is 0 Å². The summed E-state index contributed by atoms with van der Waals surface area (Å²) in [6, 6.07) is 14.8. The number of anilines is 2. The molecular formula is C19H20FN5O. The first-order valence-electron chi connectivity index (χ1n) is 8.23. The first-order valence-corrected chi connectivity index (χ1v) is 8.23. The van der Waals surface area contributed by atoms with E-state index in [0.717, 1.165) is 5.56 Å². The third-order valence-corrected chi connectivity index (χ3v) is 3.70. The van der Waals surface area contributed by atoms with Crippen molar-refractivity contribution >= 4 is 17.5 Å². The second-order valence-corrected chi connectivity index (χ2v) is 6.12. The maximum absolute atomic E-state index is 13.2. The smallest absolute Gasteiger partial charge is 0.319 e. The molecule has 0 aliphatic carbocycles. The number of carbonyl (C=O) groups excluding carboxylic acids is 1. The van der Waals surface area contributed by atoms with Gasteiger partial charge in [-0.15, -0.1) is 0 Å². The van der Waals surface area contributed by atoms with Crippen LogP contribution < -0.4 is 16.4 Å². The minimum Gasteiger partial charge on any atom is -0.382 e. The van der Waals surface area contributed by atoms with E-state index in [1.165, 1.54) is 16.8 Å². The summed E-state index contributed by atoms with van der Waals surface area (Å²) < 4.78 is 14.7. The maximum Gasteiger partial charge on any atom is 0.319 e. The first kappa shape index (κ1) is 17.5. The molecule has 0 saturated heterocycles. The monoisotopic (exact) mass is 353 g/mol. The van der Waals surface area contributed by atoms with E-state index >= 15 is 0 Å². The summed E-state index contributed by atoms with van der Waals surface area (Å²) in [6.07, 6.45) is 0. The molecule has 0 spiro atoms. The molecule has 4 N–H and O–H groups in total. The van der Waals surface area contributed by atoms with Gasteiger partial charge in [-0.2, -0.15) is 5.10 Å². The largest absolute Gasteiger partial charge is 0.382 e. The number of aromatic nitrogens is 2. The van der Waals surface area contributed by atoms with Crippen LogP contribution in [0.3, 0.4) is 0 Å². The molecule has 26 heavy (non-hydrogen) atoms. The van der Waals surface area contributed by atoms with Gasteiger partial charge in [0.25, 0.3) is 0 Å².